The number of anilines is 1. The number of sulfonamides is 1. The third-order valence-corrected chi connectivity index (χ3v) is 7.11. The van der Waals surface area contributed by atoms with Crippen molar-refractivity contribution in [3.8, 4) is 11.8 Å². The molecular formula is C21H15N3O5S2. The molecule has 0 fully saturated rings. The minimum atomic E-state index is -4.18. The summed E-state index contributed by atoms with van der Waals surface area (Å²) in [7, 11) is -4.18. The second-order valence-electron chi connectivity index (χ2n) is 6.56. The van der Waals surface area contributed by atoms with Gasteiger partial charge in [-0.05, 0) is 29.2 Å². The Morgan fingerprint density at radius 3 is 2.48 bits per heavy atom. The number of nitrogens with zero attached hydrogens (tertiary/aromatic N) is 2. The lowest BCUT2D eigenvalue weighted by Crippen LogP contribution is -2.43. The molecule has 0 saturated heterocycles. The Labute approximate surface area is 182 Å². The van der Waals surface area contributed by atoms with Crippen molar-refractivity contribution >= 4 is 38.4 Å². The summed E-state index contributed by atoms with van der Waals surface area (Å²) in [5.74, 6) is 4.72. The number of fused-ring (bicyclic) bond motifs is 1. The van der Waals surface area contributed by atoms with Crippen LogP contribution in [0.2, 0.25) is 0 Å². The number of hydrogen-bond acceptors (Lipinski definition) is 6. The first-order valence-corrected chi connectivity index (χ1v) is 11.3. The lowest BCUT2D eigenvalue weighted by atomic mass is 10.1. The fraction of sp³-hybridized carbons (Fsp3) is 0.0952. The fourth-order valence-corrected chi connectivity index (χ4v) is 5.39. The summed E-state index contributed by atoms with van der Waals surface area (Å²) in [4.78, 5) is 27.5. The van der Waals surface area contributed by atoms with Gasteiger partial charge in [0.2, 0.25) is 5.03 Å². The van der Waals surface area contributed by atoms with Gasteiger partial charge >= 0.3 is 12.0 Å². The predicted octanol–water partition coefficient (Wildman–Crippen LogP) is 3.17. The van der Waals surface area contributed by atoms with Crippen molar-refractivity contribution in [3.63, 3.8) is 0 Å². The molecule has 1 aliphatic heterocycles. The summed E-state index contributed by atoms with van der Waals surface area (Å²) in [5, 5.41) is 11.7. The molecule has 1 aromatic heterocycles. The lowest BCUT2D eigenvalue weighted by molar-refractivity contribution is 0.0696. The summed E-state index contributed by atoms with van der Waals surface area (Å²) in [6.45, 7) is -0.250. The van der Waals surface area contributed by atoms with E-state index in [2.05, 4.69) is 22.1 Å². The van der Waals surface area contributed by atoms with Crippen LogP contribution >= 0.6 is 11.3 Å². The van der Waals surface area contributed by atoms with Crippen molar-refractivity contribution in [3.05, 3.63) is 76.3 Å². The van der Waals surface area contributed by atoms with Gasteiger partial charge in [0.05, 0.1) is 12.1 Å². The average molecular weight is 454 g/mol. The van der Waals surface area contributed by atoms with Crippen LogP contribution in [-0.4, -0.2) is 34.8 Å². The molecule has 156 valence electrons. The number of amides is 2. The Kier molecular flexibility index (Phi) is 5.46. The van der Waals surface area contributed by atoms with Crippen LogP contribution in [0.25, 0.3) is 0 Å². The SMILES string of the molecule is O=C(O)c1ccc(CN2C(=O)Nc3sc(C#CCc4ccccc4)nc3S2(=O)=O)cc1. The Morgan fingerprint density at radius 2 is 1.81 bits per heavy atom. The first kappa shape index (κ1) is 20.6. The zero-order valence-electron chi connectivity index (χ0n) is 15.9. The van der Waals surface area contributed by atoms with Crippen LogP contribution in [0.4, 0.5) is 9.80 Å². The number of thiazole rings is 1. The van der Waals surface area contributed by atoms with E-state index >= 15 is 0 Å². The van der Waals surface area contributed by atoms with E-state index in [-0.39, 0.29) is 27.1 Å². The Morgan fingerprint density at radius 1 is 1.10 bits per heavy atom. The molecule has 31 heavy (non-hydrogen) atoms. The van der Waals surface area contributed by atoms with Crippen molar-refractivity contribution in [1.82, 2.24) is 9.29 Å². The molecule has 0 saturated carbocycles. The molecule has 8 nitrogen and oxygen atoms in total. The molecule has 2 aromatic carbocycles. The van der Waals surface area contributed by atoms with Crippen molar-refractivity contribution in [2.24, 2.45) is 0 Å². The van der Waals surface area contributed by atoms with Gasteiger partial charge in [-0.2, -0.15) is 8.42 Å². The number of hydrogen-bond donors (Lipinski definition) is 2. The molecule has 4 rings (SSSR count). The van der Waals surface area contributed by atoms with Crippen molar-refractivity contribution in [2.75, 3.05) is 5.32 Å². The molecule has 10 heteroatoms. The first-order chi connectivity index (χ1) is 14.8. The van der Waals surface area contributed by atoms with Crippen molar-refractivity contribution < 1.29 is 23.1 Å². The monoisotopic (exact) mass is 453 g/mol. The standard InChI is InChI=1S/C21H15N3O5S2/c25-20(26)16-11-9-15(10-12-16)13-24-21(27)23-18-19(31(24,28)29)22-17(30-18)8-4-7-14-5-2-1-3-6-14/h1-3,5-6,9-12H,7,13H2,(H,23,27)(H,25,26). The normalized spacial score (nSPS) is 14.2. The van der Waals surface area contributed by atoms with Crippen LogP contribution in [0, 0.1) is 11.8 Å². The minimum absolute atomic E-state index is 0.0650. The van der Waals surface area contributed by atoms with Crippen LogP contribution < -0.4 is 5.32 Å². The molecule has 0 aliphatic carbocycles. The maximum atomic E-state index is 13.0. The van der Waals surface area contributed by atoms with Gasteiger partial charge in [-0.1, -0.05) is 59.7 Å². The van der Waals surface area contributed by atoms with E-state index in [1.165, 1.54) is 24.3 Å². The second kappa shape index (κ2) is 8.22. The molecule has 0 spiro atoms. The van der Waals surface area contributed by atoms with Gasteiger partial charge in [0.1, 0.15) is 5.00 Å². The smallest absolute Gasteiger partial charge is 0.336 e. The highest BCUT2D eigenvalue weighted by Crippen LogP contribution is 2.35. The lowest BCUT2D eigenvalue weighted by Gasteiger charge is -2.25. The number of carboxylic acids is 1. The number of carbonyl (C=O) groups excluding carboxylic acids is 1. The average Bonchev–Trinajstić information content (AvgIpc) is 3.16. The maximum Gasteiger partial charge on any atom is 0.336 e. The number of benzene rings is 2. The van der Waals surface area contributed by atoms with E-state index in [0.29, 0.717) is 16.3 Å². The van der Waals surface area contributed by atoms with Crippen LogP contribution in [0.1, 0.15) is 26.5 Å². The van der Waals surface area contributed by atoms with Crippen molar-refractivity contribution in [2.45, 2.75) is 18.0 Å². The molecule has 0 unspecified atom stereocenters. The highest BCUT2D eigenvalue weighted by Gasteiger charge is 2.39. The summed E-state index contributed by atoms with van der Waals surface area (Å²) >= 11 is 1.00. The van der Waals surface area contributed by atoms with E-state index in [1.807, 2.05) is 30.3 Å². The Hall–Kier alpha value is -3.68. The zero-order chi connectivity index (χ0) is 22.0. The van der Waals surface area contributed by atoms with Gasteiger partial charge in [0, 0.05) is 6.42 Å². The minimum Gasteiger partial charge on any atom is -0.478 e. The van der Waals surface area contributed by atoms with E-state index in [4.69, 9.17) is 5.11 Å². The molecule has 0 bridgehead atoms. The van der Waals surface area contributed by atoms with E-state index in [9.17, 15) is 18.0 Å². The van der Waals surface area contributed by atoms with E-state index in [1.54, 1.807) is 0 Å². The number of nitrogens with one attached hydrogen (secondary N) is 1. The molecular weight excluding hydrogens is 438 g/mol. The zero-order valence-corrected chi connectivity index (χ0v) is 17.5. The number of aromatic nitrogens is 1. The number of urea groups is 1. The maximum absolute atomic E-state index is 13.0. The molecule has 2 heterocycles. The molecule has 2 N–H and O–H groups in total. The summed E-state index contributed by atoms with van der Waals surface area (Å²) < 4.78 is 26.6. The highest BCUT2D eigenvalue weighted by atomic mass is 32.2. The third-order valence-electron chi connectivity index (χ3n) is 4.44. The number of carbonyl (C=O) groups is 2. The highest BCUT2D eigenvalue weighted by molar-refractivity contribution is 7.90. The van der Waals surface area contributed by atoms with Gasteiger partial charge < -0.3 is 5.11 Å². The summed E-state index contributed by atoms with van der Waals surface area (Å²) in [6, 6.07) is 14.4. The first-order valence-electron chi connectivity index (χ1n) is 9.04. The van der Waals surface area contributed by atoms with Crippen molar-refractivity contribution in [1.29, 1.82) is 0 Å². The molecule has 0 atom stereocenters. The predicted molar refractivity (Wildman–Crippen MR) is 114 cm³/mol. The number of aromatic carboxylic acids is 1. The van der Waals surface area contributed by atoms with Gasteiger partial charge in [0.25, 0.3) is 10.0 Å². The molecule has 0 radical (unpaired) electrons. The molecule has 1 aliphatic rings. The third kappa shape index (κ3) is 4.28. The Balaban J connectivity index is 1.56. The van der Waals surface area contributed by atoms with Gasteiger partial charge in [0.15, 0.2) is 5.01 Å². The van der Waals surface area contributed by atoms with Crippen LogP contribution in [0.3, 0.4) is 0 Å². The summed E-state index contributed by atoms with van der Waals surface area (Å²) in [6.07, 6.45) is 0.489. The second-order valence-corrected chi connectivity index (χ2v) is 9.34. The quantitative estimate of drug-likeness (QED) is 0.586. The van der Waals surface area contributed by atoms with E-state index < -0.39 is 22.0 Å². The topological polar surface area (TPSA) is 117 Å². The number of carboxylic acid groups (broad SMARTS) is 1. The van der Waals surface area contributed by atoms with Gasteiger partial charge in [-0.15, -0.1) is 0 Å². The number of rotatable bonds is 4. The fourth-order valence-electron chi connectivity index (χ4n) is 2.88. The Bertz CT molecular complexity index is 1320. The van der Waals surface area contributed by atoms with Crippen LogP contribution in [-0.2, 0) is 23.0 Å². The van der Waals surface area contributed by atoms with Gasteiger partial charge in [-0.25, -0.2) is 18.9 Å². The molecule has 2 amide bonds. The van der Waals surface area contributed by atoms with E-state index in [0.717, 1.165) is 16.9 Å². The summed E-state index contributed by atoms with van der Waals surface area (Å²) in [5.41, 5.74) is 1.55. The van der Waals surface area contributed by atoms with Gasteiger partial charge in [-0.3, -0.25) is 5.32 Å². The van der Waals surface area contributed by atoms with Crippen LogP contribution in [0.5, 0.6) is 0 Å². The largest absolute Gasteiger partial charge is 0.478 e. The van der Waals surface area contributed by atoms with Crippen LogP contribution in [0.15, 0.2) is 59.6 Å². The molecule has 3 aromatic rings.